The first-order valence-corrected chi connectivity index (χ1v) is 8.82. The van der Waals surface area contributed by atoms with E-state index in [9.17, 15) is 14.3 Å². The molecule has 0 spiro atoms. The Morgan fingerprint density at radius 3 is 2.88 bits per heavy atom. The van der Waals surface area contributed by atoms with E-state index in [1.165, 1.54) is 23.5 Å². The van der Waals surface area contributed by atoms with Crippen LogP contribution >= 0.6 is 11.3 Å². The number of hydrazone groups is 1. The number of carbonyl (C=O) groups excluding carboxylic acids is 1. The fourth-order valence-electron chi connectivity index (χ4n) is 2.34. The summed E-state index contributed by atoms with van der Waals surface area (Å²) in [6, 6.07) is 11.3. The van der Waals surface area contributed by atoms with Crippen LogP contribution in [-0.4, -0.2) is 28.3 Å². The Kier molecular flexibility index (Phi) is 5.43. The van der Waals surface area contributed by atoms with E-state index in [1.54, 1.807) is 6.92 Å². The molecule has 1 heterocycles. The number of phenols is 1. The molecule has 0 radical (unpaired) electrons. The van der Waals surface area contributed by atoms with E-state index in [1.807, 2.05) is 24.3 Å². The van der Waals surface area contributed by atoms with Crippen LogP contribution in [0.3, 0.4) is 0 Å². The van der Waals surface area contributed by atoms with Gasteiger partial charge in [-0.1, -0.05) is 30.4 Å². The summed E-state index contributed by atoms with van der Waals surface area (Å²) in [5.74, 6) is -0.942. The zero-order chi connectivity index (χ0) is 18.5. The van der Waals surface area contributed by atoms with Gasteiger partial charge in [-0.2, -0.15) is 5.10 Å². The summed E-state index contributed by atoms with van der Waals surface area (Å²) in [6.45, 7) is 1.80. The van der Waals surface area contributed by atoms with Gasteiger partial charge in [-0.15, -0.1) is 0 Å². The van der Waals surface area contributed by atoms with Crippen LogP contribution in [-0.2, 0) is 4.79 Å². The van der Waals surface area contributed by atoms with Gasteiger partial charge in [0.25, 0.3) is 5.91 Å². The van der Waals surface area contributed by atoms with E-state index in [0.29, 0.717) is 17.3 Å². The molecular weight excluding hydrogens is 355 g/mol. The summed E-state index contributed by atoms with van der Waals surface area (Å²) >= 11 is 1.46. The number of para-hydroxylation sites is 1. The maximum atomic E-state index is 13.4. The minimum absolute atomic E-state index is 0.00451. The Morgan fingerprint density at radius 2 is 2.12 bits per heavy atom. The third-order valence-corrected chi connectivity index (χ3v) is 4.61. The maximum absolute atomic E-state index is 13.4. The highest BCUT2D eigenvalue weighted by atomic mass is 32.1. The number of phenolic OH excluding ortho intramolecular Hbond substituents is 1. The molecule has 0 fully saturated rings. The summed E-state index contributed by atoms with van der Waals surface area (Å²) in [7, 11) is 0. The largest absolute Gasteiger partial charge is 0.507 e. The molecule has 3 rings (SSSR count). The zero-order valence-corrected chi connectivity index (χ0v) is 14.8. The summed E-state index contributed by atoms with van der Waals surface area (Å²) in [4.78, 5) is 16.4. The molecule has 3 N–H and O–H groups in total. The Labute approximate surface area is 153 Å². The van der Waals surface area contributed by atoms with Crippen molar-refractivity contribution in [3.63, 3.8) is 0 Å². The van der Waals surface area contributed by atoms with Gasteiger partial charge >= 0.3 is 0 Å². The summed E-state index contributed by atoms with van der Waals surface area (Å²) in [5.41, 5.74) is 3.92. The Balaban J connectivity index is 1.63. The lowest BCUT2D eigenvalue weighted by molar-refractivity contribution is -0.119. The lowest BCUT2D eigenvalue weighted by Gasteiger charge is -2.08. The Morgan fingerprint density at radius 1 is 1.31 bits per heavy atom. The molecule has 2 aromatic carbocycles. The molecule has 0 aliphatic heterocycles. The van der Waals surface area contributed by atoms with Gasteiger partial charge in [-0.25, -0.2) is 14.8 Å². The van der Waals surface area contributed by atoms with E-state index in [-0.39, 0.29) is 23.8 Å². The third kappa shape index (κ3) is 4.15. The first-order valence-electron chi connectivity index (χ1n) is 8.00. The van der Waals surface area contributed by atoms with E-state index >= 15 is 0 Å². The fraction of sp³-hybridized carbons (Fsp3) is 0.167. The van der Waals surface area contributed by atoms with Crippen molar-refractivity contribution in [2.75, 3.05) is 11.9 Å². The summed E-state index contributed by atoms with van der Waals surface area (Å²) < 4.78 is 14.4. The third-order valence-electron chi connectivity index (χ3n) is 3.61. The standard InChI is InChI=1S/C18H17FN4O2S/c1-2-13(12-9-11(19)7-8-15(12)24)22-23-17(25)10-20-18-21-14-5-3-4-6-16(14)26-18/h3-9,24H,2,10H2,1H3,(H,20,21)(H,23,25)/b22-13+. The van der Waals surface area contributed by atoms with Crippen LogP contribution in [0.4, 0.5) is 9.52 Å². The number of aromatic nitrogens is 1. The van der Waals surface area contributed by atoms with Crippen molar-refractivity contribution in [3.05, 3.63) is 53.8 Å². The van der Waals surface area contributed by atoms with Gasteiger partial charge in [0, 0.05) is 5.56 Å². The van der Waals surface area contributed by atoms with Crippen molar-refractivity contribution in [1.29, 1.82) is 0 Å². The van der Waals surface area contributed by atoms with Crippen LogP contribution in [0.5, 0.6) is 5.75 Å². The molecule has 0 aliphatic rings. The Hall–Kier alpha value is -3.00. The number of aromatic hydroxyl groups is 1. The second-order valence-electron chi connectivity index (χ2n) is 5.45. The van der Waals surface area contributed by atoms with Crippen LogP contribution < -0.4 is 10.7 Å². The van der Waals surface area contributed by atoms with Crippen LogP contribution in [0.1, 0.15) is 18.9 Å². The predicted molar refractivity (Wildman–Crippen MR) is 101 cm³/mol. The highest BCUT2D eigenvalue weighted by Crippen LogP contribution is 2.25. The SMILES string of the molecule is CC/C(=N\NC(=O)CNc1nc2ccccc2s1)c1cc(F)ccc1O. The number of rotatable bonds is 6. The van der Waals surface area contributed by atoms with Crippen LogP contribution in [0.25, 0.3) is 10.2 Å². The first-order chi connectivity index (χ1) is 12.6. The lowest BCUT2D eigenvalue weighted by Crippen LogP contribution is -2.27. The lowest BCUT2D eigenvalue weighted by atomic mass is 10.1. The van der Waals surface area contributed by atoms with Gasteiger partial charge in [-0.05, 0) is 36.8 Å². The van der Waals surface area contributed by atoms with Crippen molar-refractivity contribution in [3.8, 4) is 5.75 Å². The number of hydrogen-bond acceptors (Lipinski definition) is 6. The molecule has 26 heavy (non-hydrogen) atoms. The van der Waals surface area contributed by atoms with E-state index < -0.39 is 5.82 Å². The molecule has 6 nitrogen and oxygen atoms in total. The minimum atomic E-state index is -0.484. The number of nitrogens with zero attached hydrogens (tertiary/aromatic N) is 2. The van der Waals surface area contributed by atoms with E-state index in [2.05, 4.69) is 20.8 Å². The quantitative estimate of drug-likeness (QED) is 0.457. The molecule has 0 bridgehead atoms. The van der Waals surface area contributed by atoms with Crippen molar-refractivity contribution in [2.45, 2.75) is 13.3 Å². The predicted octanol–water partition coefficient (Wildman–Crippen LogP) is 3.48. The van der Waals surface area contributed by atoms with E-state index in [4.69, 9.17) is 0 Å². The van der Waals surface area contributed by atoms with Crippen molar-refractivity contribution in [2.24, 2.45) is 5.10 Å². The number of thiazole rings is 1. The van der Waals surface area contributed by atoms with Crippen LogP contribution in [0.2, 0.25) is 0 Å². The van der Waals surface area contributed by atoms with Crippen molar-refractivity contribution in [1.82, 2.24) is 10.4 Å². The highest BCUT2D eigenvalue weighted by Gasteiger charge is 2.10. The molecular formula is C18H17FN4O2S. The molecule has 1 amide bonds. The Bertz CT molecular complexity index is 938. The van der Waals surface area contributed by atoms with Crippen LogP contribution in [0, 0.1) is 5.82 Å². The number of carbonyl (C=O) groups is 1. The molecule has 0 aliphatic carbocycles. The first kappa shape index (κ1) is 17.8. The van der Waals surface area contributed by atoms with Crippen molar-refractivity contribution < 1.29 is 14.3 Å². The van der Waals surface area contributed by atoms with Crippen LogP contribution in [0.15, 0.2) is 47.6 Å². The number of nitrogens with one attached hydrogen (secondary N) is 2. The monoisotopic (exact) mass is 372 g/mol. The smallest absolute Gasteiger partial charge is 0.259 e. The van der Waals surface area contributed by atoms with Gasteiger partial charge in [-0.3, -0.25) is 4.79 Å². The number of amides is 1. The zero-order valence-electron chi connectivity index (χ0n) is 14.0. The molecule has 0 unspecified atom stereocenters. The summed E-state index contributed by atoms with van der Waals surface area (Å²) in [6.07, 6.45) is 0.419. The number of hydrogen-bond donors (Lipinski definition) is 3. The van der Waals surface area contributed by atoms with Gasteiger partial charge in [0.05, 0.1) is 22.5 Å². The maximum Gasteiger partial charge on any atom is 0.259 e. The average Bonchev–Trinajstić information content (AvgIpc) is 3.06. The molecule has 134 valence electrons. The normalized spacial score (nSPS) is 11.5. The molecule has 3 aromatic rings. The van der Waals surface area contributed by atoms with Gasteiger partial charge in [0.2, 0.25) is 0 Å². The summed E-state index contributed by atoms with van der Waals surface area (Å²) in [5, 5.41) is 17.4. The second kappa shape index (κ2) is 7.92. The minimum Gasteiger partial charge on any atom is -0.507 e. The molecule has 0 saturated heterocycles. The van der Waals surface area contributed by atoms with Gasteiger partial charge in [0.1, 0.15) is 11.6 Å². The highest BCUT2D eigenvalue weighted by molar-refractivity contribution is 7.22. The molecule has 0 atom stereocenters. The van der Waals surface area contributed by atoms with Crippen molar-refractivity contribution >= 4 is 38.3 Å². The van der Waals surface area contributed by atoms with E-state index in [0.717, 1.165) is 16.3 Å². The fourth-order valence-corrected chi connectivity index (χ4v) is 3.20. The number of anilines is 1. The topological polar surface area (TPSA) is 86.6 Å². The van der Waals surface area contributed by atoms with Gasteiger partial charge in [0.15, 0.2) is 5.13 Å². The average molecular weight is 372 g/mol. The number of benzene rings is 2. The van der Waals surface area contributed by atoms with Gasteiger partial charge < -0.3 is 10.4 Å². The molecule has 1 aromatic heterocycles. The number of fused-ring (bicyclic) bond motifs is 1. The molecule has 0 saturated carbocycles. The second-order valence-corrected chi connectivity index (χ2v) is 6.48. The molecule has 8 heteroatoms. The number of halogens is 1.